The number of carbonyl (C=O) groups excluding carboxylic acids is 1. The third-order valence-corrected chi connectivity index (χ3v) is 4.67. The fourth-order valence-electron chi connectivity index (χ4n) is 3.33. The van der Waals surface area contributed by atoms with Crippen LogP contribution in [-0.4, -0.2) is 32.9 Å². The monoisotopic (exact) mass is 262 g/mol. The van der Waals surface area contributed by atoms with E-state index < -0.39 is 0 Å². The molecule has 0 aromatic carbocycles. The summed E-state index contributed by atoms with van der Waals surface area (Å²) in [6, 6.07) is 0.0166. The van der Waals surface area contributed by atoms with Gasteiger partial charge in [0, 0.05) is 31.5 Å². The topological polar surface area (TPSA) is 64.2 Å². The van der Waals surface area contributed by atoms with Gasteiger partial charge in [0.25, 0.3) is 0 Å². The SMILES string of the molecule is CC1CCCC(C(=O)N2CCn3ccnc3C2)C1N. The summed E-state index contributed by atoms with van der Waals surface area (Å²) < 4.78 is 2.12. The van der Waals surface area contributed by atoms with Crippen LogP contribution in [0.3, 0.4) is 0 Å². The van der Waals surface area contributed by atoms with Crippen LogP contribution < -0.4 is 5.73 Å². The van der Waals surface area contributed by atoms with Gasteiger partial charge in [0.1, 0.15) is 5.82 Å². The minimum Gasteiger partial charge on any atom is -0.333 e. The lowest BCUT2D eigenvalue weighted by Gasteiger charge is -2.37. The minimum absolute atomic E-state index is 0.00487. The van der Waals surface area contributed by atoms with E-state index in [1.807, 2.05) is 11.1 Å². The average Bonchev–Trinajstić information content (AvgIpc) is 2.88. The maximum Gasteiger partial charge on any atom is 0.227 e. The number of carbonyl (C=O) groups is 1. The largest absolute Gasteiger partial charge is 0.333 e. The van der Waals surface area contributed by atoms with E-state index in [9.17, 15) is 4.79 Å². The number of fused-ring (bicyclic) bond motifs is 1. The highest BCUT2D eigenvalue weighted by atomic mass is 16.2. The van der Waals surface area contributed by atoms with Crippen LogP contribution in [0.15, 0.2) is 12.4 Å². The molecule has 1 amide bonds. The van der Waals surface area contributed by atoms with E-state index >= 15 is 0 Å². The molecule has 3 unspecified atom stereocenters. The molecule has 2 heterocycles. The Labute approximate surface area is 113 Å². The summed E-state index contributed by atoms with van der Waals surface area (Å²) in [5.41, 5.74) is 6.24. The summed E-state index contributed by atoms with van der Waals surface area (Å²) in [5, 5.41) is 0. The van der Waals surface area contributed by atoms with Gasteiger partial charge in [-0.05, 0) is 18.8 Å². The summed E-state index contributed by atoms with van der Waals surface area (Å²) in [6.45, 7) is 4.41. The Morgan fingerprint density at radius 2 is 2.26 bits per heavy atom. The normalized spacial score (nSPS) is 31.1. The van der Waals surface area contributed by atoms with E-state index in [1.54, 1.807) is 6.20 Å². The Kier molecular flexibility index (Phi) is 3.31. The summed E-state index contributed by atoms with van der Waals surface area (Å²) in [7, 11) is 0. The highest BCUT2D eigenvalue weighted by Gasteiger charge is 2.36. The molecule has 1 saturated carbocycles. The lowest BCUT2D eigenvalue weighted by molar-refractivity contribution is -0.139. The molecule has 1 aromatic rings. The van der Waals surface area contributed by atoms with E-state index in [1.165, 1.54) is 0 Å². The van der Waals surface area contributed by atoms with E-state index in [2.05, 4.69) is 16.5 Å². The molecule has 1 aliphatic heterocycles. The quantitative estimate of drug-likeness (QED) is 0.821. The lowest BCUT2D eigenvalue weighted by Crippen LogP contribution is -2.50. The first kappa shape index (κ1) is 12.7. The van der Waals surface area contributed by atoms with Crippen LogP contribution in [0.4, 0.5) is 0 Å². The molecule has 2 N–H and O–H groups in total. The first-order valence-corrected chi connectivity index (χ1v) is 7.21. The van der Waals surface area contributed by atoms with Crippen molar-refractivity contribution in [3.8, 4) is 0 Å². The predicted molar refractivity (Wildman–Crippen MR) is 72.1 cm³/mol. The molecule has 5 heteroatoms. The van der Waals surface area contributed by atoms with Gasteiger partial charge in [-0.25, -0.2) is 4.98 Å². The number of rotatable bonds is 1. The Morgan fingerprint density at radius 3 is 3.11 bits per heavy atom. The fraction of sp³-hybridized carbons (Fsp3) is 0.714. The summed E-state index contributed by atoms with van der Waals surface area (Å²) in [4.78, 5) is 18.9. The maximum absolute atomic E-state index is 12.6. The maximum atomic E-state index is 12.6. The van der Waals surface area contributed by atoms with Crippen molar-refractivity contribution in [3.63, 3.8) is 0 Å². The zero-order valence-electron chi connectivity index (χ0n) is 11.5. The van der Waals surface area contributed by atoms with Crippen LogP contribution in [-0.2, 0) is 17.9 Å². The van der Waals surface area contributed by atoms with Crippen molar-refractivity contribution < 1.29 is 4.79 Å². The van der Waals surface area contributed by atoms with Crippen LogP contribution in [0.2, 0.25) is 0 Å². The summed E-state index contributed by atoms with van der Waals surface area (Å²) in [5.74, 6) is 1.67. The Bertz CT molecular complexity index is 470. The van der Waals surface area contributed by atoms with Crippen molar-refractivity contribution in [1.29, 1.82) is 0 Å². The van der Waals surface area contributed by atoms with Crippen LogP contribution in [0.5, 0.6) is 0 Å². The molecule has 5 nitrogen and oxygen atoms in total. The smallest absolute Gasteiger partial charge is 0.227 e. The van der Waals surface area contributed by atoms with Gasteiger partial charge in [0.05, 0.1) is 12.5 Å². The number of hydrogen-bond acceptors (Lipinski definition) is 3. The number of imidazole rings is 1. The van der Waals surface area contributed by atoms with E-state index in [0.717, 1.165) is 38.2 Å². The second kappa shape index (κ2) is 4.96. The minimum atomic E-state index is 0.00487. The van der Waals surface area contributed by atoms with Crippen molar-refractivity contribution >= 4 is 5.91 Å². The molecule has 0 spiro atoms. The molecule has 2 aliphatic rings. The van der Waals surface area contributed by atoms with Crippen molar-refractivity contribution in [1.82, 2.24) is 14.5 Å². The molecule has 0 saturated heterocycles. The van der Waals surface area contributed by atoms with Crippen molar-refractivity contribution in [2.24, 2.45) is 17.6 Å². The number of nitrogens with two attached hydrogens (primary N) is 1. The summed E-state index contributed by atoms with van der Waals surface area (Å²) >= 11 is 0. The van der Waals surface area contributed by atoms with Gasteiger partial charge in [-0.1, -0.05) is 13.3 Å². The Hall–Kier alpha value is -1.36. The molecule has 104 valence electrons. The molecule has 1 fully saturated rings. The highest BCUT2D eigenvalue weighted by Crippen LogP contribution is 2.30. The second-order valence-corrected chi connectivity index (χ2v) is 5.89. The Morgan fingerprint density at radius 1 is 1.42 bits per heavy atom. The van der Waals surface area contributed by atoms with Crippen LogP contribution in [0, 0.1) is 11.8 Å². The molecule has 1 aromatic heterocycles. The molecular weight excluding hydrogens is 240 g/mol. The fourth-order valence-corrected chi connectivity index (χ4v) is 3.33. The van der Waals surface area contributed by atoms with Crippen LogP contribution in [0.25, 0.3) is 0 Å². The Balaban J connectivity index is 1.71. The molecular formula is C14H22N4O. The zero-order valence-corrected chi connectivity index (χ0v) is 11.5. The van der Waals surface area contributed by atoms with Crippen molar-refractivity contribution in [2.45, 2.75) is 45.3 Å². The van der Waals surface area contributed by atoms with E-state index in [0.29, 0.717) is 12.5 Å². The van der Waals surface area contributed by atoms with E-state index in [4.69, 9.17) is 5.73 Å². The highest BCUT2D eigenvalue weighted by molar-refractivity contribution is 5.79. The number of amides is 1. The zero-order chi connectivity index (χ0) is 13.4. The summed E-state index contributed by atoms with van der Waals surface area (Å²) in [6.07, 6.45) is 6.99. The molecule has 0 bridgehead atoms. The molecule has 3 atom stereocenters. The van der Waals surface area contributed by atoms with Gasteiger partial charge in [0.15, 0.2) is 0 Å². The first-order valence-electron chi connectivity index (χ1n) is 7.21. The van der Waals surface area contributed by atoms with Gasteiger partial charge in [-0.2, -0.15) is 0 Å². The average molecular weight is 262 g/mol. The van der Waals surface area contributed by atoms with Crippen LogP contribution in [0.1, 0.15) is 32.0 Å². The lowest BCUT2D eigenvalue weighted by atomic mass is 9.77. The van der Waals surface area contributed by atoms with Gasteiger partial charge in [-0.3, -0.25) is 4.79 Å². The van der Waals surface area contributed by atoms with Crippen LogP contribution >= 0.6 is 0 Å². The van der Waals surface area contributed by atoms with Gasteiger partial charge in [-0.15, -0.1) is 0 Å². The standard InChI is InChI=1S/C14H22N4O/c1-10-3-2-4-11(13(10)15)14(19)18-8-7-17-6-5-16-12(17)9-18/h5-6,10-11,13H,2-4,7-9,15H2,1H3. The third kappa shape index (κ3) is 2.27. The predicted octanol–water partition coefficient (Wildman–Crippen LogP) is 0.989. The number of aromatic nitrogens is 2. The molecule has 19 heavy (non-hydrogen) atoms. The van der Waals surface area contributed by atoms with E-state index in [-0.39, 0.29) is 17.9 Å². The van der Waals surface area contributed by atoms with Crippen molar-refractivity contribution in [2.75, 3.05) is 6.54 Å². The van der Waals surface area contributed by atoms with Gasteiger partial charge in [0.2, 0.25) is 5.91 Å². The van der Waals surface area contributed by atoms with Gasteiger partial charge >= 0.3 is 0 Å². The number of nitrogens with zero attached hydrogens (tertiary/aromatic N) is 3. The molecule has 0 radical (unpaired) electrons. The first-order chi connectivity index (χ1) is 9.16. The molecule has 3 rings (SSSR count). The van der Waals surface area contributed by atoms with Gasteiger partial charge < -0.3 is 15.2 Å². The second-order valence-electron chi connectivity index (χ2n) is 5.89. The third-order valence-electron chi connectivity index (χ3n) is 4.67. The van der Waals surface area contributed by atoms with Crippen molar-refractivity contribution in [3.05, 3.63) is 18.2 Å². The molecule has 1 aliphatic carbocycles. The number of hydrogen-bond donors (Lipinski definition) is 1.